The summed E-state index contributed by atoms with van der Waals surface area (Å²) in [6, 6.07) is 12.2. The number of carbonyl (C=O) groups excluding carboxylic acids is 1. The highest BCUT2D eigenvalue weighted by atomic mass is 32.2. The molecule has 1 aromatic carbocycles. The summed E-state index contributed by atoms with van der Waals surface area (Å²) in [5, 5.41) is 11.5. The van der Waals surface area contributed by atoms with Crippen molar-refractivity contribution >= 4 is 29.0 Å². The number of benzene rings is 1. The van der Waals surface area contributed by atoms with Crippen LogP contribution in [-0.2, 0) is 4.79 Å². The van der Waals surface area contributed by atoms with Gasteiger partial charge >= 0.3 is 0 Å². The van der Waals surface area contributed by atoms with E-state index in [1.807, 2.05) is 34.2 Å². The quantitative estimate of drug-likeness (QED) is 0.382. The van der Waals surface area contributed by atoms with Crippen molar-refractivity contribution in [1.82, 2.24) is 19.7 Å². The smallest absolute Gasteiger partial charge is 0.233 e. The van der Waals surface area contributed by atoms with Gasteiger partial charge in [-0.1, -0.05) is 42.1 Å². The van der Waals surface area contributed by atoms with Gasteiger partial charge < -0.3 is 4.90 Å². The van der Waals surface area contributed by atoms with E-state index in [0.717, 1.165) is 22.0 Å². The molecular weight excluding hydrogens is 388 g/mol. The Balaban J connectivity index is 1.90. The fraction of sp³-hybridized carbons (Fsp3) is 0.190. The Morgan fingerprint density at radius 1 is 1.21 bits per heavy atom. The molecule has 2 heterocycles. The van der Waals surface area contributed by atoms with E-state index in [1.165, 1.54) is 11.8 Å². The third kappa shape index (κ3) is 4.61. The van der Waals surface area contributed by atoms with Crippen molar-refractivity contribution < 1.29 is 4.79 Å². The Kier molecular flexibility index (Phi) is 6.84. The van der Waals surface area contributed by atoms with Crippen molar-refractivity contribution in [3.63, 3.8) is 0 Å². The molecule has 0 aliphatic carbocycles. The molecule has 0 radical (unpaired) electrons. The van der Waals surface area contributed by atoms with Crippen molar-refractivity contribution in [1.29, 1.82) is 0 Å². The summed E-state index contributed by atoms with van der Waals surface area (Å²) in [6.45, 7) is 10.5. The number of aromatic nitrogens is 3. The normalized spacial score (nSPS) is 10.6. The number of thiophene rings is 1. The molecule has 7 heteroatoms. The van der Waals surface area contributed by atoms with Crippen molar-refractivity contribution in [2.45, 2.75) is 12.1 Å². The summed E-state index contributed by atoms with van der Waals surface area (Å²) in [5.41, 5.74) is 2.14. The Labute approximate surface area is 173 Å². The van der Waals surface area contributed by atoms with Crippen LogP contribution < -0.4 is 0 Å². The first-order valence-corrected chi connectivity index (χ1v) is 10.7. The van der Waals surface area contributed by atoms with Crippen LogP contribution in [0.1, 0.15) is 5.56 Å². The second kappa shape index (κ2) is 9.52. The molecule has 0 atom stereocenters. The first-order chi connectivity index (χ1) is 13.6. The lowest BCUT2D eigenvalue weighted by atomic mass is 10.2. The lowest BCUT2D eigenvalue weighted by molar-refractivity contribution is -0.127. The van der Waals surface area contributed by atoms with E-state index in [0.29, 0.717) is 18.2 Å². The Morgan fingerprint density at radius 3 is 2.64 bits per heavy atom. The molecule has 144 valence electrons. The van der Waals surface area contributed by atoms with E-state index in [1.54, 1.807) is 28.4 Å². The maximum absolute atomic E-state index is 12.6. The minimum absolute atomic E-state index is 0.0151. The monoisotopic (exact) mass is 410 g/mol. The van der Waals surface area contributed by atoms with Crippen LogP contribution in [0.3, 0.4) is 0 Å². The highest BCUT2D eigenvalue weighted by Crippen LogP contribution is 2.30. The molecule has 3 rings (SSSR count). The highest BCUT2D eigenvalue weighted by Gasteiger charge is 2.19. The average molecular weight is 411 g/mol. The number of hydrogen-bond donors (Lipinski definition) is 0. The van der Waals surface area contributed by atoms with Crippen LogP contribution in [0.25, 0.3) is 16.4 Å². The van der Waals surface area contributed by atoms with Gasteiger partial charge in [0, 0.05) is 13.1 Å². The summed E-state index contributed by atoms with van der Waals surface area (Å²) >= 11 is 3.00. The first kappa shape index (κ1) is 20.1. The molecular formula is C21H22N4OS2. The number of aryl methyl sites for hydroxylation is 1. The van der Waals surface area contributed by atoms with Gasteiger partial charge in [0.1, 0.15) is 0 Å². The number of thioether (sulfide) groups is 1. The first-order valence-electron chi connectivity index (χ1n) is 8.82. The number of amides is 1. The van der Waals surface area contributed by atoms with Crippen molar-refractivity contribution in [3.05, 3.63) is 72.7 Å². The maximum Gasteiger partial charge on any atom is 0.233 e. The third-order valence-electron chi connectivity index (χ3n) is 4.01. The Hall–Kier alpha value is -2.64. The summed E-state index contributed by atoms with van der Waals surface area (Å²) in [4.78, 5) is 15.3. The zero-order chi connectivity index (χ0) is 19.9. The van der Waals surface area contributed by atoms with Crippen LogP contribution in [0.2, 0.25) is 0 Å². The fourth-order valence-corrected chi connectivity index (χ4v) is 4.29. The number of rotatable bonds is 9. The van der Waals surface area contributed by atoms with Crippen LogP contribution in [0.5, 0.6) is 0 Å². The Morgan fingerprint density at radius 2 is 2.00 bits per heavy atom. The summed E-state index contributed by atoms with van der Waals surface area (Å²) in [5.74, 6) is 1.07. The lowest BCUT2D eigenvalue weighted by Gasteiger charge is -2.19. The summed E-state index contributed by atoms with van der Waals surface area (Å²) in [7, 11) is 0. The van der Waals surface area contributed by atoms with Crippen LogP contribution in [0.15, 0.2) is 72.2 Å². The van der Waals surface area contributed by atoms with E-state index < -0.39 is 0 Å². The van der Waals surface area contributed by atoms with E-state index >= 15 is 0 Å². The molecule has 0 aliphatic rings. The molecule has 3 aromatic rings. The summed E-state index contributed by atoms with van der Waals surface area (Å²) < 4.78 is 2.02. The molecule has 0 saturated carbocycles. The molecule has 0 aliphatic heterocycles. The average Bonchev–Trinajstić information content (AvgIpc) is 3.35. The number of nitrogens with zero attached hydrogens (tertiary/aromatic N) is 4. The molecule has 0 saturated heterocycles. The number of hydrogen-bond acceptors (Lipinski definition) is 5. The second-order valence-corrected chi connectivity index (χ2v) is 8.01. The minimum Gasteiger partial charge on any atom is -0.335 e. The molecule has 28 heavy (non-hydrogen) atoms. The third-order valence-corrected chi connectivity index (χ3v) is 5.79. The maximum atomic E-state index is 12.6. The van der Waals surface area contributed by atoms with Gasteiger partial charge in [0.15, 0.2) is 11.0 Å². The standard InChI is InChI=1S/C21H22N4OS2/c1-4-11-24(12-5-2)19(26)15-28-21-23-22-20(18-10-7-13-27-18)25(21)17-9-6-8-16(3)14-17/h4-10,13-14H,1-2,11-12,15H2,3H3. The van der Waals surface area contributed by atoms with Crippen LogP contribution in [-0.4, -0.2) is 44.4 Å². The van der Waals surface area contributed by atoms with Gasteiger partial charge in [0.25, 0.3) is 0 Å². The molecule has 1 amide bonds. The van der Waals surface area contributed by atoms with E-state index in [2.05, 4.69) is 42.4 Å². The van der Waals surface area contributed by atoms with Gasteiger partial charge in [-0.2, -0.15) is 0 Å². The van der Waals surface area contributed by atoms with Crippen molar-refractivity contribution in [2.24, 2.45) is 0 Å². The van der Waals surface area contributed by atoms with Crippen LogP contribution in [0, 0.1) is 6.92 Å². The molecule has 0 fully saturated rings. The largest absolute Gasteiger partial charge is 0.335 e. The molecule has 2 aromatic heterocycles. The SMILES string of the molecule is C=CCN(CC=C)C(=O)CSc1nnc(-c2cccs2)n1-c1cccc(C)c1. The van der Waals surface area contributed by atoms with Gasteiger partial charge in [0.05, 0.1) is 16.3 Å². The van der Waals surface area contributed by atoms with Crippen LogP contribution in [0.4, 0.5) is 0 Å². The van der Waals surface area contributed by atoms with Gasteiger partial charge in [-0.25, -0.2) is 0 Å². The van der Waals surface area contributed by atoms with Gasteiger partial charge in [-0.3, -0.25) is 9.36 Å². The zero-order valence-electron chi connectivity index (χ0n) is 15.7. The lowest BCUT2D eigenvalue weighted by Crippen LogP contribution is -2.32. The number of carbonyl (C=O) groups is 1. The highest BCUT2D eigenvalue weighted by molar-refractivity contribution is 7.99. The Bertz CT molecular complexity index is 953. The van der Waals surface area contributed by atoms with Crippen molar-refractivity contribution in [2.75, 3.05) is 18.8 Å². The zero-order valence-corrected chi connectivity index (χ0v) is 17.4. The van der Waals surface area contributed by atoms with E-state index in [-0.39, 0.29) is 11.7 Å². The summed E-state index contributed by atoms with van der Waals surface area (Å²) in [6.07, 6.45) is 3.44. The van der Waals surface area contributed by atoms with Gasteiger partial charge in [0.2, 0.25) is 5.91 Å². The molecule has 5 nitrogen and oxygen atoms in total. The molecule has 0 unspecified atom stereocenters. The predicted octanol–water partition coefficient (Wildman–Crippen LogP) is 4.60. The van der Waals surface area contributed by atoms with Gasteiger partial charge in [-0.15, -0.1) is 34.7 Å². The predicted molar refractivity (Wildman–Crippen MR) is 117 cm³/mol. The second-order valence-electron chi connectivity index (χ2n) is 6.12. The molecule has 0 N–H and O–H groups in total. The fourth-order valence-electron chi connectivity index (χ4n) is 2.74. The van der Waals surface area contributed by atoms with Crippen LogP contribution >= 0.6 is 23.1 Å². The van der Waals surface area contributed by atoms with Crippen molar-refractivity contribution in [3.8, 4) is 16.4 Å². The van der Waals surface area contributed by atoms with E-state index in [9.17, 15) is 4.79 Å². The van der Waals surface area contributed by atoms with E-state index in [4.69, 9.17) is 0 Å². The molecule has 0 bridgehead atoms. The minimum atomic E-state index is 0.0151. The molecule has 0 spiro atoms. The topological polar surface area (TPSA) is 51.0 Å². The van der Waals surface area contributed by atoms with Gasteiger partial charge in [-0.05, 0) is 36.1 Å².